The Morgan fingerprint density at radius 3 is 2.53 bits per heavy atom. The molecule has 2 nitrogen and oxygen atoms in total. The quantitative estimate of drug-likeness (QED) is 0.682. The third-order valence-electron chi connectivity index (χ3n) is 1.61. The van der Waals surface area contributed by atoms with Crippen molar-refractivity contribution in [1.82, 2.24) is 0 Å². The number of alkyl halides is 3. The second-order valence-corrected chi connectivity index (χ2v) is 4.14. The lowest BCUT2D eigenvalue weighted by Gasteiger charge is -2.10. The SMILES string of the molecule is Nc1cc(I)ccc1OCCC(F)(F)F. The van der Waals surface area contributed by atoms with E-state index in [0.29, 0.717) is 11.4 Å². The van der Waals surface area contributed by atoms with E-state index in [1.807, 2.05) is 0 Å². The fraction of sp³-hybridized carbons (Fsp3) is 0.333. The molecule has 0 heterocycles. The zero-order valence-corrected chi connectivity index (χ0v) is 9.80. The molecule has 15 heavy (non-hydrogen) atoms. The monoisotopic (exact) mass is 331 g/mol. The van der Waals surface area contributed by atoms with Gasteiger partial charge >= 0.3 is 6.18 Å². The van der Waals surface area contributed by atoms with Crippen molar-refractivity contribution < 1.29 is 17.9 Å². The zero-order chi connectivity index (χ0) is 11.5. The first-order valence-electron chi connectivity index (χ1n) is 4.13. The second kappa shape index (κ2) is 4.91. The van der Waals surface area contributed by atoms with Crippen molar-refractivity contribution in [2.45, 2.75) is 12.6 Å². The van der Waals surface area contributed by atoms with Crippen LogP contribution in [0.4, 0.5) is 18.9 Å². The van der Waals surface area contributed by atoms with Gasteiger partial charge in [-0.25, -0.2) is 0 Å². The molecule has 0 atom stereocenters. The Morgan fingerprint density at radius 2 is 2.00 bits per heavy atom. The lowest BCUT2D eigenvalue weighted by atomic mass is 10.3. The van der Waals surface area contributed by atoms with Gasteiger partial charge in [-0.2, -0.15) is 13.2 Å². The Morgan fingerprint density at radius 1 is 1.33 bits per heavy atom. The number of benzene rings is 1. The predicted octanol–water partition coefficient (Wildman–Crippen LogP) is 3.20. The fourth-order valence-corrected chi connectivity index (χ4v) is 1.44. The number of nitrogen functional groups attached to an aromatic ring is 1. The zero-order valence-electron chi connectivity index (χ0n) is 7.64. The lowest BCUT2D eigenvalue weighted by molar-refractivity contribution is -0.139. The minimum atomic E-state index is -4.20. The van der Waals surface area contributed by atoms with Crippen LogP contribution in [0, 0.1) is 3.57 Å². The van der Waals surface area contributed by atoms with Gasteiger partial charge < -0.3 is 10.5 Å². The van der Waals surface area contributed by atoms with Crippen molar-refractivity contribution in [1.29, 1.82) is 0 Å². The van der Waals surface area contributed by atoms with Gasteiger partial charge in [0, 0.05) is 3.57 Å². The van der Waals surface area contributed by atoms with Crippen LogP contribution < -0.4 is 10.5 Å². The van der Waals surface area contributed by atoms with E-state index in [0.717, 1.165) is 3.57 Å². The van der Waals surface area contributed by atoms with E-state index in [4.69, 9.17) is 10.5 Å². The summed E-state index contributed by atoms with van der Waals surface area (Å²) in [5.74, 6) is 0.291. The summed E-state index contributed by atoms with van der Waals surface area (Å²) in [6, 6.07) is 4.93. The Hall–Kier alpha value is -0.660. The van der Waals surface area contributed by atoms with E-state index in [-0.39, 0.29) is 0 Å². The number of rotatable bonds is 3. The molecule has 0 saturated carbocycles. The van der Waals surface area contributed by atoms with Crippen LogP contribution >= 0.6 is 22.6 Å². The summed E-state index contributed by atoms with van der Waals surface area (Å²) in [6.07, 6.45) is -5.17. The molecule has 0 aromatic heterocycles. The van der Waals surface area contributed by atoms with Gasteiger partial charge in [-0.15, -0.1) is 0 Å². The van der Waals surface area contributed by atoms with E-state index < -0.39 is 19.2 Å². The molecule has 0 fully saturated rings. The minimum Gasteiger partial charge on any atom is -0.491 e. The number of halogens is 4. The molecule has 0 aliphatic heterocycles. The standard InChI is InChI=1S/C9H9F3INO/c10-9(11,12)3-4-15-8-2-1-6(13)5-7(8)14/h1-2,5H,3-4,14H2. The summed E-state index contributed by atoms with van der Waals surface area (Å²) in [7, 11) is 0. The topological polar surface area (TPSA) is 35.2 Å². The third kappa shape index (κ3) is 4.59. The Labute approximate surface area is 98.7 Å². The van der Waals surface area contributed by atoms with Crippen LogP contribution in [0.1, 0.15) is 6.42 Å². The van der Waals surface area contributed by atoms with Gasteiger partial charge in [0.05, 0.1) is 18.7 Å². The molecule has 0 unspecified atom stereocenters. The Balaban J connectivity index is 2.51. The highest BCUT2D eigenvalue weighted by Crippen LogP contribution is 2.25. The normalized spacial score (nSPS) is 11.5. The molecule has 1 rings (SSSR count). The highest BCUT2D eigenvalue weighted by atomic mass is 127. The minimum absolute atomic E-state index is 0.291. The molecule has 6 heteroatoms. The molecular weight excluding hydrogens is 322 g/mol. The average molecular weight is 331 g/mol. The van der Waals surface area contributed by atoms with Crippen LogP contribution in [0.25, 0.3) is 0 Å². The van der Waals surface area contributed by atoms with Crippen LogP contribution in [0.5, 0.6) is 5.75 Å². The van der Waals surface area contributed by atoms with E-state index in [2.05, 4.69) is 22.6 Å². The Kier molecular flexibility index (Phi) is 4.06. The molecule has 0 amide bonds. The Bertz CT molecular complexity index is 341. The second-order valence-electron chi connectivity index (χ2n) is 2.90. The summed E-state index contributed by atoms with van der Waals surface area (Å²) < 4.78 is 41.3. The van der Waals surface area contributed by atoms with E-state index >= 15 is 0 Å². The molecular formula is C9H9F3INO. The molecule has 0 aliphatic carbocycles. The van der Waals surface area contributed by atoms with Gasteiger partial charge in [0.25, 0.3) is 0 Å². The van der Waals surface area contributed by atoms with Gasteiger partial charge in [0.1, 0.15) is 5.75 Å². The van der Waals surface area contributed by atoms with Gasteiger partial charge in [0.2, 0.25) is 0 Å². The third-order valence-corrected chi connectivity index (χ3v) is 2.29. The smallest absolute Gasteiger partial charge is 0.392 e. The molecule has 0 bridgehead atoms. The largest absolute Gasteiger partial charge is 0.491 e. The summed E-state index contributed by atoms with van der Waals surface area (Å²) in [5, 5.41) is 0. The first kappa shape index (κ1) is 12.4. The van der Waals surface area contributed by atoms with Crippen molar-refractivity contribution in [2.75, 3.05) is 12.3 Å². The van der Waals surface area contributed by atoms with Crippen molar-refractivity contribution in [3.05, 3.63) is 21.8 Å². The molecule has 84 valence electrons. The van der Waals surface area contributed by atoms with Crippen molar-refractivity contribution in [3.8, 4) is 5.75 Å². The summed E-state index contributed by atoms with van der Waals surface area (Å²) in [4.78, 5) is 0. The van der Waals surface area contributed by atoms with Gasteiger partial charge in [-0.05, 0) is 40.8 Å². The maximum absolute atomic E-state index is 11.8. The number of nitrogens with two attached hydrogens (primary N) is 1. The number of ether oxygens (including phenoxy) is 1. The van der Waals surface area contributed by atoms with Crippen LogP contribution in [-0.2, 0) is 0 Å². The molecule has 1 aromatic rings. The van der Waals surface area contributed by atoms with E-state index in [9.17, 15) is 13.2 Å². The van der Waals surface area contributed by atoms with Crippen LogP contribution in [0.2, 0.25) is 0 Å². The van der Waals surface area contributed by atoms with Crippen molar-refractivity contribution in [2.24, 2.45) is 0 Å². The van der Waals surface area contributed by atoms with Crippen molar-refractivity contribution >= 4 is 28.3 Å². The molecule has 0 spiro atoms. The summed E-state index contributed by atoms with van der Waals surface area (Å²) in [6.45, 7) is -0.408. The van der Waals surface area contributed by atoms with Crippen LogP contribution in [0.15, 0.2) is 18.2 Å². The number of hydrogen-bond acceptors (Lipinski definition) is 2. The number of hydrogen-bond donors (Lipinski definition) is 1. The number of anilines is 1. The average Bonchev–Trinajstić information content (AvgIpc) is 2.07. The van der Waals surface area contributed by atoms with E-state index in [1.165, 1.54) is 0 Å². The first-order chi connectivity index (χ1) is 6.88. The van der Waals surface area contributed by atoms with Gasteiger partial charge in [0.15, 0.2) is 0 Å². The predicted molar refractivity (Wildman–Crippen MR) is 59.7 cm³/mol. The summed E-state index contributed by atoms with van der Waals surface area (Å²) in [5.41, 5.74) is 5.91. The molecule has 0 aliphatic rings. The molecule has 1 aromatic carbocycles. The summed E-state index contributed by atoms with van der Waals surface area (Å²) >= 11 is 2.06. The molecule has 0 saturated heterocycles. The van der Waals surface area contributed by atoms with E-state index in [1.54, 1.807) is 18.2 Å². The van der Waals surface area contributed by atoms with Crippen molar-refractivity contribution in [3.63, 3.8) is 0 Å². The van der Waals surface area contributed by atoms with Gasteiger partial charge in [-0.1, -0.05) is 0 Å². The maximum Gasteiger partial charge on any atom is 0.392 e. The van der Waals surface area contributed by atoms with Gasteiger partial charge in [-0.3, -0.25) is 0 Å². The van der Waals surface area contributed by atoms with Crippen LogP contribution in [0.3, 0.4) is 0 Å². The fourth-order valence-electron chi connectivity index (χ4n) is 0.927. The lowest BCUT2D eigenvalue weighted by Crippen LogP contribution is -2.13. The molecule has 0 radical (unpaired) electrons. The molecule has 2 N–H and O–H groups in total. The highest BCUT2D eigenvalue weighted by Gasteiger charge is 2.26. The van der Waals surface area contributed by atoms with Crippen LogP contribution in [-0.4, -0.2) is 12.8 Å². The first-order valence-corrected chi connectivity index (χ1v) is 5.21. The maximum atomic E-state index is 11.8. The highest BCUT2D eigenvalue weighted by molar-refractivity contribution is 14.1.